The first-order chi connectivity index (χ1) is 17.8. The zero-order valence-corrected chi connectivity index (χ0v) is 23.6. The van der Waals surface area contributed by atoms with Gasteiger partial charge in [0.2, 0.25) is 23.6 Å². The van der Waals surface area contributed by atoms with Gasteiger partial charge < -0.3 is 36.8 Å². The van der Waals surface area contributed by atoms with Gasteiger partial charge in [-0.3, -0.25) is 19.2 Å². The van der Waals surface area contributed by atoms with Crippen LogP contribution in [0.2, 0.25) is 0 Å². The van der Waals surface area contributed by atoms with Crippen LogP contribution in [0, 0.1) is 6.92 Å². The number of nitrogens with zero attached hydrogens (tertiary/aromatic N) is 2. The first kappa shape index (κ1) is 30.0. The Kier molecular flexibility index (Phi) is 9.56. The summed E-state index contributed by atoms with van der Waals surface area (Å²) in [7, 11) is 0. The Labute approximate surface area is 231 Å². The maximum atomic E-state index is 14.1. The van der Waals surface area contributed by atoms with E-state index in [1.807, 2.05) is 25.1 Å². The molecule has 2 aliphatic rings. The summed E-state index contributed by atoms with van der Waals surface area (Å²) in [5.41, 5.74) is 11.7. The second kappa shape index (κ2) is 12.1. The number of nitrogens with two attached hydrogens (primary N) is 2. The van der Waals surface area contributed by atoms with Gasteiger partial charge in [0.1, 0.15) is 23.7 Å². The number of amides is 4. The first-order valence-electron chi connectivity index (χ1n) is 12.9. The molecule has 2 aliphatic heterocycles. The fourth-order valence-corrected chi connectivity index (χ4v) is 6.18. The number of likely N-dealkylation sites (tertiary alicyclic amines) is 2. The highest BCUT2D eigenvalue weighted by molar-refractivity contribution is 9.10. The van der Waals surface area contributed by atoms with Gasteiger partial charge in [0.25, 0.3) is 0 Å². The third kappa shape index (κ3) is 6.19. The molecule has 0 radical (unpaired) electrons. The average Bonchev–Trinajstić information content (AvgIpc) is 3.48. The van der Waals surface area contributed by atoms with Crippen LogP contribution in [0.25, 0.3) is 0 Å². The number of aryl methyl sites for hydroxylation is 1. The smallest absolute Gasteiger partial charge is 0.247 e. The van der Waals surface area contributed by atoms with Gasteiger partial charge in [-0.2, -0.15) is 0 Å². The number of aliphatic hydroxyl groups is 2. The molecule has 38 heavy (non-hydrogen) atoms. The van der Waals surface area contributed by atoms with Crippen LogP contribution in [0.5, 0.6) is 0 Å². The Hall–Kier alpha value is -2.54. The number of nitrogens with one attached hydrogen (secondary N) is 1. The molecule has 2 saturated heterocycles. The van der Waals surface area contributed by atoms with E-state index in [1.54, 1.807) is 0 Å². The van der Waals surface area contributed by atoms with Crippen molar-refractivity contribution in [2.75, 3.05) is 13.1 Å². The summed E-state index contributed by atoms with van der Waals surface area (Å²) in [6.07, 6.45) is -0.342. The Balaban J connectivity index is 2.01. The molecule has 1 aromatic carbocycles. The molecule has 0 spiro atoms. The number of aliphatic hydroxyl groups excluding tert-OH is 2. The summed E-state index contributed by atoms with van der Waals surface area (Å²) in [6.45, 7) is 5.28. The summed E-state index contributed by atoms with van der Waals surface area (Å²) in [5, 5.41) is 22.5. The third-order valence-corrected chi connectivity index (χ3v) is 7.94. The van der Waals surface area contributed by atoms with Crippen molar-refractivity contribution in [2.45, 2.75) is 88.7 Å². The largest absolute Gasteiger partial charge is 0.391 e. The summed E-state index contributed by atoms with van der Waals surface area (Å²) < 4.78 is 0.817. The molecule has 7 N–H and O–H groups in total. The molecular weight excluding hydrogens is 558 g/mol. The molecule has 4 amide bonds. The Morgan fingerprint density at radius 3 is 2.39 bits per heavy atom. The number of carbonyl (C=O) groups is 4. The molecule has 0 saturated carbocycles. The molecule has 0 aromatic heterocycles. The average molecular weight is 597 g/mol. The SMILES string of the molecule is Cc1cc(Br)cc(C[C@@]2(C(=O)N[C@H](C(N)=O)[C@@H](C)O)CCCN2C(=O)[C@@H]2CCCN2C(=O)[C@@H](N)[C@@H](C)O)c1. The molecule has 11 nitrogen and oxygen atoms in total. The van der Waals surface area contributed by atoms with E-state index < -0.39 is 53.6 Å². The molecule has 0 aliphatic carbocycles. The lowest BCUT2D eigenvalue weighted by molar-refractivity contribution is -0.152. The van der Waals surface area contributed by atoms with Crippen LogP contribution in [0.15, 0.2) is 22.7 Å². The topological polar surface area (TPSA) is 179 Å². The second-order valence-corrected chi connectivity index (χ2v) is 11.4. The fraction of sp³-hybridized carbons (Fsp3) is 0.615. The van der Waals surface area contributed by atoms with Crippen molar-refractivity contribution in [3.05, 3.63) is 33.8 Å². The number of halogens is 1. The van der Waals surface area contributed by atoms with E-state index in [1.165, 1.54) is 23.6 Å². The van der Waals surface area contributed by atoms with E-state index in [9.17, 15) is 29.4 Å². The zero-order chi connectivity index (χ0) is 28.4. The number of rotatable bonds is 9. The van der Waals surface area contributed by atoms with Crippen LogP contribution < -0.4 is 16.8 Å². The number of hydrogen-bond donors (Lipinski definition) is 5. The quantitative estimate of drug-likeness (QED) is 0.260. The minimum absolute atomic E-state index is 0.157. The van der Waals surface area contributed by atoms with Gasteiger partial charge in [0.05, 0.1) is 12.2 Å². The van der Waals surface area contributed by atoms with Crippen LogP contribution >= 0.6 is 15.9 Å². The first-order valence-corrected chi connectivity index (χ1v) is 13.7. The molecule has 210 valence electrons. The van der Waals surface area contributed by atoms with E-state index in [4.69, 9.17) is 11.5 Å². The van der Waals surface area contributed by atoms with Crippen LogP contribution in [0.3, 0.4) is 0 Å². The minimum Gasteiger partial charge on any atom is -0.391 e. The molecule has 1 aromatic rings. The maximum absolute atomic E-state index is 14.1. The predicted octanol–water partition coefficient (Wildman–Crippen LogP) is -0.289. The Bertz CT molecular complexity index is 1060. The van der Waals surface area contributed by atoms with Crippen molar-refractivity contribution in [3.63, 3.8) is 0 Å². The highest BCUT2D eigenvalue weighted by Crippen LogP contribution is 2.36. The van der Waals surface area contributed by atoms with Crippen molar-refractivity contribution in [2.24, 2.45) is 11.5 Å². The number of hydrogen-bond acceptors (Lipinski definition) is 7. The lowest BCUT2D eigenvalue weighted by Gasteiger charge is -2.41. The van der Waals surface area contributed by atoms with Crippen molar-refractivity contribution in [3.8, 4) is 0 Å². The zero-order valence-electron chi connectivity index (χ0n) is 22.0. The van der Waals surface area contributed by atoms with Crippen LogP contribution in [0.4, 0.5) is 0 Å². The van der Waals surface area contributed by atoms with Crippen LogP contribution in [-0.2, 0) is 25.6 Å². The number of benzene rings is 1. The van der Waals surface area contributed by atoms with Crippen molar-refractivity contribution >= 4 is 39.6 Å². The summed E-state index contributed by atoms with van der Waals surface area (Å²) in [6, 6.07) is 2.39. The summed E-state index contributed by atoms with van der Waals surface area (Å²) >= 11 is 3.49. The van der Waals surface area contributed by atoms with Gasteiger partial charge in [-0.25, -0.2) is 0 Å². The lowest BCUT2D eigenvalue weighted by atomic mass is 9.85. The highest BCUT2D eigenvalue weighted by Gasteiger charge is 2.53. The molecule has 0 unspecified atom stereocenters. The van der Waals surface area contributed by atoms with Crippen LogP contribution in [0.1, 0.15) is 50.7 Å². The van der Waals surface area contributed by atoms with Gasteiger partial charge in [0.15, 0.2) is 0 Å². The standard InChI is InChI=1S/C26H38BrN5O6/c1-14-10-17(12-18(27)11-14)13-26(25(38)30-21(16(3)34)22(29)35)7-5-9-32(26)23(36)19-6-4-8-31(19)24(37)20(28)15(2)33/h10-12,15-16,19-21,33-34H,4-9,13,28H2,1-3H3,(H2,29,35)(H,30,38)/t15-,16-,19+,20+,21+,26-/m1/s1. The van der Waals surface area contributed by atoms with Crippen molar-refractivity contribution < 1.29 is 29.4 Å². The Morgan fingerprint density at radius 1 is 1.13 bits per heavy atom. The predicted molar refractivity (Wildman–Crippen MR) is 143 cm³/mol. The van der Waals surface area contributed by atoms with Crippen LogP contribution in [-0.4, -0.2) is 92.6 Å². The summed E-state index contributed by atoms with van der Waals surface area (Å²) in [5.74, 6) is -2.39. The maximum Gasteiger partial charge on any atom is 0.247 e. The van der Waals surface area contributed by atoms with Gasteiger partial charge in [0, 0.05) is 24.0 Å². The molecule has 0 bridgehead atoms. The van der Waals surface area contributed by atoms with E-state index in [0.717, 1.165) is 15.6 Å². The van der Waals surface area contributed by atoms with Gasteiger partial charge in [-0.05, 0) is 69.7 Å². The molecule has 2 heterocycles. The lowest BCUT2D eigenvalue weighted by Crippen LogP contribution is -2.65. The molecule has 3 rings (SSSR count). The number of primary amides is 1. The van der Waals surface area contributed by atoms with E-state index in [-0.39, 0.29) is 18.9 Å². The molecule has 6 atom stereocenters. The Morgan fingerprint density at radius 2 is 1.82 bits per heavy atom. The van der Waals surface area contributed by atoms with Gasteiger partial charge >= 0.3 is 0 Å². The normalized spacial score (nSPS) is 24.6. The van der Waals surface area contributed by atoms with E-state index in [2.05, 4.69) is 21.2 Å². The monoisotopic (exact) mass is 595 g/mol. The molecular formula is C26H38BrN5O6. The van der Waals surface area contributed by atoms with Gasteiger partial charge in [-0.1, -0.05) is 22.0 Å². The van der Waals surface area contributed by atoms with Crippen molar-refractivity contribution in [1.29, 1.82) is 0 Å². The fourth-order valence-electron chi connectivity index (χ4n) is 5.52. The van der Waals surface area contributed by atoms with E-state index >= 15 is 0 Å². The summed E-state index contributed by atoms with van der Waals surface area (Å²) in [4.78, 5) is 55.9. The molecule has 12 heteroatoms. The van der Waals surface area contributed by atoms with E-state index in [0.29, 0.717) is 32.2 Å². The van der Waals surface area contributed by atoms with Gasteiger partial charge in [-0.15, -0.1) is 0 Å². The molecule has 2 fully saturated rings. The second-order valence-electron chi connectivity index (χ2n) is 10.5. The highest BCUT2D eigenvalue weighted by atomic mass is 79.9. The minimum atomic E-state index is -1.38. The van der Waals surface area contributed by atoms with Crippen molar-refractivity contribution in [1.82, 2.24) is 15.1 Å². The third-order valence-electron chi connectivity index (χ3n) is 7.48. The number of carbonyl (C=O) groups excluding carboxylic acids is 4.